The summed E-state index contributed by atoms with van der Waals surface area (Å²) < 4.78 is 39.9. The molecule has 2 nitrogen and oxygen atoms in total. The number of halogens is 4. The molecule has 0 heterocycles. The number of hydrogen-bond donors (Lipinski definition) is 1. The first kappa shape index (κ1) is 13.1. The molecule has 0 aromatic heterocycles. The lowest BCUT2D eigenvalue weighted by atomic mass is 10.1. The van der Waals surface area contributed by atoms with Crippen molar-refractivity contribution in [3.8, 4) is 5.75 Å². The van der Waals surface area contributed by atoms with Crippen molar-refractivity contribution in [1.29, 1.82) is 0 Å². The molecule has 0 saturated heterocycles. The molecule has 0 aliphatic heterocycles. The first-order valence-corrected chi connectivity index (χ1v) is 4.94. The van der Waals surface area contributed by atoms with Crippen molar-refractivity contribution in [1.82, 2.24) is 0 Å². The van der Waals surface area contributed by atoms with Crippen LogP contribution in [0.5, 0.6) is 5.75 Å². The van der Waals surface area contributed by atoms with Gasteiger partial charge in [0.25, 0.3) is 0 Å². The first-order chi connectivity index (χ1) is 7.33. The third kappa shape index (κ3) is 3.57. The lowest BCUT2D eigenvalue weighted by molar-refractivity contribution is -0.275. The Balaban J connectivity index is 3.07. The summed E-state index contributed by atoms with van der Waals surface area (Å²) in [6, 6.07) is 3.62. The van der Waals surface area contributed by atoms with Gasteiger partial charge in [0.2, 0.25) is 0 Å². The quantitative estimate of drug-likeness (QED) is 0.892. The van der Waals surface area contributed by atoms with Crippen molar-refractivity contribution < 1.29 is 23.0 Å². The fourth-order valence-corrected chi connectivity index (χ4v) is 1.40. The molecule has 90 valence electrons. The van der Waals surface area contributed by atoms with Gasteiger partial charge in [0.05, 0.1) is 6.10 Å². The highest BCUT2D eigenvalue weighted by Crippen LogP contribution is 2.33. The molecule has 0 saturated carbocycles. The second kappa shape index (κ2) is 4.93. The average molecular weight is 255 g/mol. The van der Waals surface area contributed by atoms with Crippen molar-refractivity contribution in [3.05, 3.63) is 28.8 Å². The van der Waals surface area contributed by atoms with Gasteiger partial charge < -0.3 is 9.84 Å². The summed E-state index contributed by atoms with van der Waals surface area (Å²) in [5, 5.41) is 9.77. The number of benzene rings is 1. The lowest BCUT2D eigenvalue weighted by Gasteiger charge is -2.16. The average Bonchev–Trinajstić information content (AvgIpc) is 2.17. The van der Waals surface area contributed by atoms with E-state index in [9.17, 15) is 18.3 Å². The van der Waals surface area contributed by atoms with Crippen LogP contribution in [0.3, 0.4) is 0 Å². The molecule has 1 atom stereocenters. The highest BCUT2D eigenvalue weighted by Gasteiger charge is 2.32. The van der Waals surface area contributed by atoms with Crippen molar-refractivity contribution >= 4 is 11.6 Å². The largest absolute Gasteiger partial charge is 0.573 e. The zero-order chi connectivity index (χ0) is 12.3. The van der Waals surface area contributed by atoms with E-state index in [0.717, 1.165) is 6.07 Å². The summed E-state index contributed by atoms with van der Waals surface area (Å²) in [5.41, 5.74) is 0.0346. The van der Waals surface area contributed by atoms with Crippen LogP contribution in [0.1, 0.15) is 25.0 Å². The standard InChI is InChI=1S/C10H10ClF3O2/c1-2-8(15)7-5-6(11)3-4-9(7)16-10(12,13)14/h3-5,8,15H,2H2,1H3/t8-/m0/s1. The predicted octanol–water partition coefficient (Wildman–Crippen LogP) is 3.68. The van der Waals surface area contributed by atoms with Crippen LogP contribution in [-0.4, -0.2) is 11.5 Å². The molecule has 0 spiro atoms. The minimum Gasteiger partial charge on any atom is -0.405 e. The fraction of sp³-hybridized carbons (Fsp3) is 0.400. The van der Waals surface area contributed by atoms with E-state index >= 15 is 0 Å². The molecular weight excluding hydrogens is 245 g/mol. The molecule has 16 heavy (non-hydrogen) atoms. The van der Waals surface area contributed by atoms with Gasteiger partial charge in [-0.05, 0) is 24.6 Å². The van der Waals surface area contributed by atoms with Crippen molar-refractivity contribution in [2.75, 3.05) is 0 Å². The Morgan fingerprint density at radius 1 is 1.44 bits per heavy atom. The SMILES string of the molecule is CC[C@H](O)c1cc(Cl)ccc1OC(F)(F)F. The Morgan fingerprint density at radius 3 is 2.56 bits per heavy atom. The van der Waals surface area contributed by atoms with Crippen molar-refractivity contribution in [2.45, 2.75) is 25.8 Å². The molecule has 6 heteroatoms. The number of rotatable bonds is 3. The van der Waals surface area contributed by atoms with Crippen LogP contribution < -0.4 is 4.74 Å². The number of alkyl halides is 3. The van der Waals surface area contributed by atoms with Crippen LogP contribution in [0.2, 0.25) is 5.02 Å². The Labute approximate surface area is 95.6 Å². The molecular formula is C10H10ClF3O2. The molecule has 0 amide bonds. The molecule has 0 aliphatic rings. The molecule has 0 bridgehead atoms. The first-order valence-electron chi connectivity index (χ1n) is 4.56. The summed E-state index contributed by atoms with van der Waals surface area (Å²) in [6.07, 6.45) is -5.54. The van der Waals surface area contributed by atoms with E-state index in [0.29, 0.717) is 0 Å². The topological polar surface area (TPSA) is 29.5 Å². The van der Waals surface area contributed by atoms with Crippen LogP contribution in [0.15, 0.2) is 18.2 Å². The summed E-state index contributed by atoms with van der Waals surface area (Å²) in [6.45, 7) is 1.64. The summed E-state index contributed by atoms with van der Waals surface area (Å²) in [4.78, 5) is 0. The van der Waals surface area contributed by atoms with E-state index in [4.69, 9.17) is 11.6 Å². The van der Waals surface area contributed by atoms with Gasteiger partial charge in [-0.1, -0.05) is 18.5 Å². The van der Waals surface area contributed by atoms with Gasteiger partial charge in [-0.25, -0.2) is 0 Å². The minimum absolute atomic E-state index is 0.0346. The summed E-state index contributed by atoms with van der Waals surface area (Å²) in [5.74, 6) is -0.425. The second-order valence-corrected chi connectivity index (χ2v) is 3.59. The van der Waals surface area contributed by atoms with Crippen LogP contribution >= 0.6 is 11.6 Å². The van der Waals surface area contributed by atoms with E-state index in [1.807, 2.05) is 0 Å². The van der Waals surface area contributed by atoms with E-state index in [1.54, 1.807) is 6.92 Å². The van der Waals surface area contributed by atoms with Gasteiger partial charge in [-0.3, -0.25) is 0 Å². The third-order valence-electron chi connectivity index (χ3n) is 1.94. The van der Waals surface area contributed by atoms with Gasteiger partial charge in [0.1, 0.15) is 5.75 Å². The molecule has 1 aromatic carbocycles. The number of aliphatic hydroxyl groups is 1. The molecule has 0 fully saturated rings. The summed E-state index contributed by atoms with van der Waals surface area (Å²) >= 11 is 5.64. The second-order valence-electron chi connectivity index (χ2n) is 3.15. The van der Waals surface area contributed by atoms with Gasteiger partial charge >= 0.3 is 6.36 Å². The third-order valence-corrected chi connectivity index (χ3v) is 2.18. The minimum atomic E-state index is -4.78. The molecule has 1 rings (SSSR count). The van der Waals surface area contributed by atoms with Crippen molar-refractivity contribution in [2.24, 2.45) is 0 Å². The lowest BCUT2D eigenvalue weighted by Crippen LogP contribution is -2.18. The number of ether oxygens (including phenoxy) is 1. The Kier molecular flexibility index (Phi) is 4.04. The normalized spacial score (nSPS) is 13.6. The van der Waals surface area contributed by atoms with E-state index < -0.39 is 18.2 Å². The number of aliphatic hydroxyl groups excluding tert-OH is 1. The fourth-order valence-electron chi connectivity index (χ4n) is 1.22. The van der Waals surface area contributed by atoms with Gasteiger partial charge in [-0.2, -0.15) is 0 Å². The van der Waals surface area contributed by atoms with Gasteiger partial charge in [0, 0.05) is 10.6 Å². The maximum Gasteiger partial charge on any atom is 0.573 e. The highest BCUT2D eigenvalue weighted by atomic mass is 35.5. The predicted molar refractivity (Wildman–Crippen MR) is 53.4 cm³/mol. The molecule has 0 unspecified atom stereocenters. The van der Waals surface area contributed by atoms with Crippen LogP contribution in [0.25, 0.3) is 0 Å². The van der Waals surface area contributed by atoms with E-state index in [2.05, 4.69) is 4.74 Å². The zero-order valence-electron chi connectivity index (χ0n) is 8.38. The highest BCUT2D eigenvalue weighted by molar-refractivity contribution is 6.30. The monoisotopic (exact) mass is 254 g/mol. The maximum absolute atomic E-state index is 12.1. The zero-order valence-corrected chi connectivity index (χ0v) is 9.14. The van der Waals surface area contributed by atoms with Crippen molar-refractivity contribution in [3.63, 3.8) is 0 Å². The van der Waals surface area contributed by atoms with Crippen LogP contribution in [0, 0.1) is 0 Å². The molecule has 1 aromatic rings. The van der Waals surface area contributed by atoms with Gasteiger partial charge in [0.15, 0.2) is 0 Å². The van der Waals surface area contributed by atoms with Crippen LogP contribution in [0.4, 0.5) is 13.2 Å². The van der Waals surface area contributed by atoms with E-state index in [1.165, 1.54) is 12.1 Å². The maximum atomic E-state index is 12.1. The molecule has 0 radical (unpaired) electrons. The smallest absolute Gasteiger partial charge is 0.405 e. The van der Waals surface area contributed by atoms with E-state index in [-0.39, 0.29) is 17.0 Å². The Bertz CT molecular complexity index is 366. The Morgan fingerprint density at radius 2 is 2.06 bits per heavy atom. The van der Waals surface area contributed by atoms with Gasteiger partial charge in [-0.15, -0.1) is 13.2 Å². The Hall–Kier alpha value is -0.940. The molecule has 0 aliphatic carbocycles. The van der Waals surface area contributed by atoms with Crippen LogP contribution in [-0.2, 0) is 0 Å². The number of hydrogen-bond acceptors (Lipinski definition) is 2. The summed E-state index contributed by atoms with van der Waals surface area (Å²) in [7, 11) is 0. The molecule has 1 N–H and O–H groups in total.